The highest BCUT2D eigenvalue weighted by Gasteiger charge is 2.53. The third kappa shape index (κ3) is 4.16. The number of nitrogens with one attached hydrogen (secondary N) is 2. The maximum atomic E-state index is 13.4. The largest absolute Gasteiger partial charge is 0.601 e. The Labute approximate surface area is 207 Å². The van der Waals surface area contributed by atoms with Gasteiger partial charge >= 0.3 is 7.25 Å². The molecular formula is C25H36BN5O4. The van der Waals surface area contributed by atoms with Crippen LogP contribution in [0.4, 0.5) is 17.2 Å². The molecule has 2 aromatic heterocycles. The molecule has 3 fully saturated rings. The van der Waals surface area contributed by atoms with Crippen LogP contribution < -0.4 is 21.1 Å². The van der Waals surface area contributed by atoms with Crippen molar-refractivity contribution in [3.63, 3.8) is 0 Å². The smallest absolute Gasteiger partial charge is 0.384 e. The molecule has 5 heterocycles. The predicted molar refractivity (Wildman–Crippen MR) is 137 cm³/mol. The van der Waals surface area contributed by atoms with Crippen LogP contribution in [0.1, 0.15) is 46.6 Å². The van der Waals surface area contributed by atoms with Crippen LogP contribution in [0.15, 0.2) is 35.4 Å². The highest BCUT2D eigenvalue weighted by Crippen LogP contribution is 2.37. The minimum absolute atomic E-state index is 0.111. The van der Waals surface area contributed by atoms with Gasteiger partial charge < -0.3 is 34.1 Å². The third-order valence-corrected chi connectivity index (χ3v) is 8.11. The standard InChI is InChI=1S/C25H36BN5O4/c1-17-9-12-31(26-34-23(2,3)24(4,5)35-26)22(32)21(17)29-20-8-7-18(15-28-20)30-13-11-27-16-25(30,6)19-10-14-33-19/h7-9,12,15,19,27H,10-11,13-14,16H2,1-6H3,(H,28,29)/t19?,25-/m0/s1. The Balaban J connectivity index is 1.37. The molecule has 2 atom stereocenters. The van der Waals surface area contributed by atoms with Gasteiger partial charge in [-0.25, -0.2) is 4.98 Å². The molecule has 0 radical (unpaired) electrons. The Bertz CT molecular complexity index is 1130. The lowest BCUT2D eigenvalue weighted by atomic mass is 9.85. The number of ether oxygens (including phenoxy) is 1. The van der Waals surface area contributed by atoms with Crippen molar-refractivity contribution in [1.82, 2.24) is 14.8 Å². The molecular weight excluding hydrogens is 445 g/mol. The molecule has 0 aliphatic carbocycles. The molecule has 2 aromatic rings. The first-order chi connectivity index (χ1) is 16.5. The summed E-state index contributed by atoms with van der Waals surface area (Å²) in [6.07, 6.45) is 4.88. The molecule has 3 aliphatic heterocycles. The highest BCUT2D eigenvalue weighted by molar-refractivity contribution is 6.43. The quantitative estimate of drug-likeness (QED) is 0.631. The summed E-state index contributed by atoms with van der Waals surface area (Å²) in [6, 6.07) is 5.86. The summed E-state index contributed by atoms with van der Waals surface area (Å²) in [4.78, 5) is 20.4. The average molecular weight is 481 g/mol. The fourth-order valence-electron chi connectivity index (χ4n) is 4.95. The van der Waals surface area contributed by atoms with Gasteiger partial charge in [-0.3, -0.25) is 4.79 Å². The van der Waals surface area contributed by atoms with Crippen LogP contribution in [-0.2, 0) is 14.0 Å². The number of anilines is 3. The van der Waals surface area contributed by atoms with Gasteiger partial charge in [-0.2, -0.15) is 0 Å². The van der Waals surface area contributed by atoms with Crippen LogP contribution in [0.2, 0.25) is 0 Å². The summed E-state index contributed by atoms with van der Waals surface area (Å²) in [5.41, 5.74) is 0.939. The van der Waals surface area contributed by atoms with Crippen molar-refractivity contribution in [3.05, 3.63) is 46.5 Å². The zero-order valence-electron chi connectivity index (χ0n) is 21.6. The molecule has 35 heavy (non-hydrogen) atoms. The first-order valence-corrected chi connectivity index (χ1v) is 12.4. The Morgan fingerprint density at radius 3 is 2.46 bits per heavy atom. The number of aryl methyl sites for hydroxylation is 1. The monoisotopic (exact) mass is 481 g/mol. The van der Waals surface area contributed by atoms with E-state index in [0.29, 0.717) is 11.5 Å². The first kappa shape index (κ1) is 24.3. The molecule has 0 saturated carbocycles. The van der Waals surface area contributed by atoms with Gasteiger partial charge in [-0.05, 0) is 77.9 Å². The number of hydrogen-bond acceptors (Lipinski definition) is 8. The molecule has 0 bridgehead atoms. The minimum Gasteiger partial charge on any atom is -0.384 e. The zero-order valence-corrected chi connectivity index (χ0v) is 21.6. The van der Waals surface area contributed by atoms with Gasteiger partial charge in [0.2, 0.25) is 0 Å². The molecule has 3 aliphatic rings. The molecule has 3 saturated heterocycles. The van der Waals surface area contributed by atoms with Gasteiger partial charge in [0.1, 0.15) is 11.5 Å². The number of piperazine rings is 1. The molecule has 10 heteroatoms. The van der Waals surface area contributed by atoms with Gasteiger partial charge in [0.25, 0.3) is 5.56 Å². The number of pyridine rings is 2. The summed E-state index contributed by atoms with van der Waals surface area (Å²) >= 11 is 0. The molecule has 1 unspecified atom stereocenters. The van der Waals surface area contributed by atoms with Gasteiger partial charge in [-0.15, -0.1) is 0 Å². The lowest BCUT2D eigenvalue weighted by Crippen LogP contribution is -2.68. The SMILES string of the molecule is Cc1ccn(B2OC(C)(C)C(C)(C)O2)c(=O)c1Nc1ccc(N2CCNC[C@@]2(C)C2CCO2)cn1. The van der Waals surface area contributed by atoms with Gasteiger partial charge in [-0.1, -0.05) is 0 Å². The Morgan fingerprint density at radius 1 is 1.14 bits per heavy atom. The maximum Gasteiger partial charge on any atom is 0.601 e. The van der Waals surface area contributed by atoms with Crippen molar-refractivity contribution in [1.29, 1.82) is 0 Å². The van der Waals surface area contributed by atoms with E-state index in [0.717, 1.165) is 43.9 Å². The molecule has 0 amide bonds. The summed E-state index contributed by atoms with van der Waals surface area (Å²) in [7, 11) is -0.789. The van der Waals surface area contributed by atoms with Crippen LogP contribution >= 0.6 is 0 Å². The number of rotatable bonds is 5. The van der Waals surface area contributed by atoms with E-state index >= 15 is 0 Å². The number of nitrogens with zero attached hydrogens (tertiary/aromatic N) is 3. The van der Waals surface area contributed by atoms with Crippen LogP contribution in [0, 0.1) is 6.92 Å². The average Bonchev–Trinajstić information content (AvgIpc) is 2.97. The van der Waals surface area contributed by atoms with Crippen LogP contribution in [0.5, 0.6) is 0 Å². The van der Waals surface area contributed by atoms with Crippen molar-refractivity contribution >= 4 is 24.4 Å². The topological polar surface area (TPSA) is 89.9 Å². The van der Waals surface area contributed by atoms with E-state index in [2.05, 4.69) is 33.5 Å². The van der Waals surface area contributed by atoms with Crippen molar-refractivity contribution < 1.29 is 14.0 Å². The minimum atomic E-state index is -0.789. The Kier molecular flexibility index (Phi) is 5.99. The van der Waals surface area contributed by atoms with E-state index in [1.807, 2.05) is 52.9 Å². The highest BCUT2D eigenvalue weighted by atomic mass is 16.7. The van der Waals surface area contributed by atoms with Crippen molar-refractivity contribution in [2.24, 2.45) is 0 Å². The van der Waals surface area contributed by atoms with E-state index in [1.54, 1.807) is 6.20 Å². The van der Waals surface area contributed by atoms with Crippen molar-refractivity contribution in [3.8, 4) is 0 Å². The summed E-state index contributed by atoms with van der Waals surface area (Å²) < 4.78 is 19.5. The second kappa shape index (κ2) is 8.62. The fourth-order valence-corrected chi connectivity index (χ4v) is 4.95. The van der Waals surface area contributed by atoms with E-state index < -0.39 is 18.5 Å². The third-order valence-electron chi connectivity index (χ3n) is 8.11. The lowest BCUT2D eigenvalue weighted by molar-refractivity contribution is -0.0938. The number of hydrogen-bond donors (Lipinski definition) is 2. The molecule has 188 valence electrons. The maximum absolute atomic E-state index is 13.4. The Morgan fingerprint density at radius 2 is 1.86 bits per heavy atom. The zero-order chi connectivity index (χ0) is 25.0. The van der Waals surface area contributed by atoms with E-state index in [1.165, 1.54) is 4.48 Å². The van der Waals surface area contributed by atoms with E-state index in [-0.39, 0.29) is 17.2 Å². The second-order valence-corrected chi connectivity index (χ2v) is 11.0. The van der Waals surface area contributed by atoms with E-state index in [9.17, 15) is 4.79 Å². The predicted octanol–water partition coefficient (Wildman–Crippen LogP) is 2.69. The van der Waals surface area contributed by atoms with Crippen LogP contribution in [0.3, 0.4) is 0 Å². The van der Waals surface area contributed by atoms with Gasteiger partial charge in [0, 0.05) is 26.2 Å². The number of aromatic nitrogens is 2. The second-order valence-electron chi connectivity index (χ2n) is 11.0. The van der Waals surface area contributed by atoms with Gasteiger partial charge in [0.05, 0.1) is 34.7 Å². The van der Waals surface area contributed by atoms with E-state index in [4.69, 9.17) is 14.0 Å². The molecule has 0 aromatic carbocycles. The van der Waals surface area contributed by atoms with Crippen molar-refractivity contribution in [2.75, 3.05) is 36.5 Å². The fraction of sp³-hybridized carbons (Fsp3) is 0.600. The normalized spacial score (nSPS) is 27.5. The van der Waals surface area contributed by atoms with Crippen LogP contribution in [0.25, 0.3) is 0 Å². The summed E-state index contributed by atoms with van der Waals surface area (Å²) in [5, 5.41) is 6.74. The molecule has 5 rings (SSSR count). The molecule has 2 N–H and O–H groups in total. The summed E-state index contributed by atoms with van der Waals surface area (Å²) in [5.74, 6) is 0.609. The van der Waals surface area contributed by atoms with Crippen LogP contribution in [-0.4, -0.2) is 65.8 Å². The Hall–Kier alpha value is -2.40. The van der Waals surface area contributed by atoms with Gasteiger partial charge in [0.15, 0.2) is 0 Å². The summed E-state index contributed by atoms with van der Waals surface area (Å²) in [6.45, 7) is 15.5. The lowest BCUT2D eigenvalue weighted by Gasteiger charge is -2.53. The van der Waals surface area contributed by atoms with Crippen molar-refractivity contribution in [2.45, 2.75) is 70.8 Å². The molecule has 9 nitrogen and oxygen atoms in total. The first-order valence-electron chi connectivity index (χ1n) is 12.4. The molecule has 0 spiro atoms.